The highest BCUT2D eigenvalue weighted by molar-refractivity contribution is 7.89. The maximum absolute atomic E-state index is 12.7. The van der Waals surface area contributed by atoms with Crippen LogP contribution in [0.5, 0.6) is 0 Å². The summed E-state index contributed by atoms with van der Waals surface area (Å²) in [6.07, 6.45) is -3.72. The minimum atomic E-state index is -4.70. The lowest BCUT2D eigenvalue weighted by Crippen LogP contribution is -2.42. The van der Waals surface area contributed by atoms with Crippen LogP contribution in [0.1, 0.15) is 24.0 Å². The lowest BCUT2D eigenvalue weighted by Gasteiger charge is -2.29. The topological polar surface area (TPSA) is 87.2 Å². The van der Waals surface area contributed by atoms with Gasteiger partial charge in [-0.3, -0.25) is 0 Å². The number of sulfonamides is 1. The van der Waals surface area contributed by atoms with Crippen molar-refractivity contribution in [2.45, 2.75) is 30.0 Å². The van der Waals surface area contributed by atoms with Gasteiger partial charge in [0.05, 0.1) is 22.1 Å². The Balaban J connectivity index is 2.39. The molecule has 1 aliphatic rings. The molecule has 1 aromatic rings. The molecule has 2 N–H and O–H groups in total. The highest BCUT2D eigenvalue weighted by Crippen LogP contribution is 2.33. The molecule has 1 heterocycles. The molecule has 0 atom stereocenters. The predicted octanol–water partition coefficient (Wildman–Crippen LogP) is 1.69. The van der Waals surface area contributed by atoms with Gasteiger partial charge in [-0.2, -0.15) is 22.7 Å². The van der Waals surface area contributed by atoms with Crippen LogP contribution < -0.4 is 5.73 Å². The van der Waals surface area contributed by atoms with Gasteiger partial charge in [-0.1, -0.05) is 0 Å². The van der Waals surface area contributed by atoms with Gasteiger partial charge in [-0.15, -0.1) is 0 Å². The summed E-state index contributed by atoms with van der Waals surface area (Å²) in [5.74, 6) is 0. The van der Waals surface area contributed by atoms with Gasteiger partial charge in [0.25, 0.3) is 0 Å². The lowest BCUT2D eigenvalue weighted by molar-refractivity contribution is -0.137. The number of alkyl halides is 3. The zero-order valence-electron chi connectivity index (χ0n) is 11.5. The second kappa shape index (κ2) is 5.87. The number of nitrogens with two attached hydrogens (primary N) is 1. The molecule has 1 fully saturated rings. The van der Waals surface area contributed by atoms with Crippen LogP contribution >= 0.6 is 0 Å². The van der Waals surface area contributed by atoms with Crippen molar-refractivity contribution >= 4 is 10.0 Å². The Bertz CT molecular complexity index is 702. The zero-order valence-corrected chi connectivity index (χ0v) is 12.3. The minimum absolute atomic E-state index is 0.0753. The van der Waals surface area contributed by atoms with Crippen molar-refractivity contribution < 1.29 is 21.6 Å². The fourth-order valence-electron chi connectivity index (χ4n) is 2.29. The molecule has 120 valence electrons. The van der Waals surface area contributed by atoms with E-state index >= 15 is 0 Å². The normalized spacial score (nSPS) is 18.1. The van der Waals surface area contributed by atoms with Gasteiger partial charge < -0.3 is 5.73 Å². The molecule has 0 spiro atoms. The molecule has 0 aliphatic carbocycles. The molecule has 0 radical (unpaired) electrons. The Morgan fingerprint density at radius 1 is 1.27 bits per heavy atom. The van der Waals surface area contributed by atoms with E-state index in [1.807, 2.05) is 0 Å². The molecule has 0 unspecified atom stereocenters. The SMILES string of the molecule is N#Cc1cc(S(=O)(=O)N2CCC(N)CC2)ccc1C(F)(F)F. The molecule has 9 heteroatoms. The van der Waals surface area contributed by atoms with Crippen LogP contribution in [0.25, 0.3) is 0 Å². The van der Waals surface area contributed by atoms with E-state index in [0.717, 1.165) is 12.1 Å². The Morgan fingerprint density at radius 2 is 1.86 bits per heavy atom. The van der Waals surface area contributed by atoms with Gasteiger partial charge in [-0.25, -0.2) is 8.42 Å². The van der Waals surface area contributed by atoms with Crippen LogP contribution in [-0.4, -0.2) is 31.9 Å². The lowest BCUT2D eigenvalue weighted by atomic mass is 10.1. The Labute approximate surface area is 126 Å². The highest BCUT2D eigenvalue weighted by atomic mass is 32.2. The van der Waals surface area contributed by atoms with Gasteiger partial charge in [-0.05, 0) is 31.0 Å². The van der Waals surface area contributed by atoms with Crippen LogP contribution in [-0.2, 0) is 16.2 Å². The first-order valence-electron chi connectivity index (χ1n) is 6.53. The van der Waals surface area contributed by atoms with Crippen molar-refractivity contribution in [3.8, 4) is 6.07 Å². The number of rotatable bonds is 2. The van der Waals surface area contributed by atoms with Gasteiger partial charge in [0.1, 0.15) is 0 Å². The monoisotopic (exact) mass is 333 g/mol. The summed E-state index contributed by atoms with van der Waals surface area (Å²) in [4.78, 5) is -0.312. The predicted molar refractivity (Wildman–Crippen MR) is 72.1 cm³/mol. The van der Waals surface area contributed by atoms with E-state index in [-0.39, 0.29) is 24.0 Å². The largest absolute Gasteiger partial charge is 0.417 e. The van der Waals surface area contributed by atoms with Gasteiger partial charge in [0.2, 0.25) is 10.0 Å². The van der Waals surface area contributed by atoms with Crippen LogP contribution in [0.15, 0.2) is 23.1 Å². The van der Waals surface area contributed by atoms with Crippen LogP contribution in [0.3, 0.4) is 0 Å². The van der Waals surface area contributed by atoms with E-state index in [9.17, 15) is 21.6 Å². The fraction of sp³-hybridized carbons (Fsp3) is 0.462. The van der Waals surface area contributed by atoms with E-state index in [4.69, 9.17) is 11.0 Å². The summed E-state index contributed by atoms with van der Waals surface area (Å²) in [5, 5.41) is 8.84. The Hall–Kier alpha value is -1.63. The number of nitrogens with zero attached hydrogens (tertiary/aromatic N) is 2. The summed E-state index contributed by atoms with van der Waals surface area (Å²) in [6, 6.07) is 3.61. The molecule has 0 amide bonds. The van der Waals surface area contributed by atoms with Crippen molar-refractivity contribution in [3.63, 3.8) is 0 Å². The first-order valence-corrected chi connectivity index (χ1v) is 7.97. The Kier molecular flexibility index (Phi) is 4.47. The molecule has 0 aromatic heterocycles. The van der Waals surface area contributed by atoms with Crippen LogP contribution in [0.2, 0.25) is 0 Å². The fourth-order valence-corrected chi connectivity index (χ4v) is 3.79. The van der Waals surface area contributed by atoms with E-state index in [2.05, 4.69) is 0 Å². The number of benzene rings is 1. The minimum Gasteiger partial charge on any atom is -0.328 e. The molecular formula is C13H14F3N3O2S. The summed E-state index contributed by atoms with van der Waals surface area (Å²) >= 11 is 0. The number of halogens is 3. The Morgan fingerprint density at radius 3 is 2.36 bits per heavy atom. The molecule has 1 saturated heterocycles. The molecule has 0 bridgehead atoms. The van der Waals surface area contributed by atoms with Gasteiger partial charge in [0, 0.05) is 19.1 Å². The molecule has 5 nitrogen and oxygen atoms in total. The highest BCUT2D eigenvalue weighted by Gasteiger charge is 2.35. The average Bonchev–Trinajstić information content (AvgIpc) is 2.46. The standard InChI is InChI=1S/C13H14F3N3O2S/c14-13(15,16)12-2-1-11(7-9(12)8-17)22(20,21)19-5-3-10(18)4-6-19/h1-2,7,10H,3-6,18H2. The second-order valence-electron chi connectivity index (χ2n) is 5.06. The van der Waals surface area contributed by atoms with Crippen LogP contribution in [0.4, 0.5) is 13.2 Å². The van der Waals surface area contributed by atoms with E-state index in [1.54, 1.807) is 0 Å². The smallest absolute Gasteiger partial charge is 0.328 e. The van der Waals surface area contributed by atoms with E-state index in [0.29, 0.717) is 18.9 Å². The average molecular weight is 333 g/mol. The van der Waals surface area contributed by atoms with Crippen molar-refractivity contribution in [1.82, 2.24) is 4.31 Å². The third kappa shape index (κ3) is 3.24. The maximum atomic E-state index is 12.7. The molecular weight excluding hydrogens is 319 g/mol. The zero-order chi connectivity index (χ0) is 16.5. The van der Waals surface area contributed by atoms with Gasteiger partial charge >= 0.3 is 6.18 Å². The van der Waals surface area contributed by atoms with Crippen molar-refractivity contribution in [2.75, 3.05) is 13.1 Å². The first-order chi connectivity index (χ1) is 10.2. The molecule has 2 rings (SSSR count). The summed E-state index contributed by atoms with van der Waals surface area (Å²) in [5.41, 5.74) is 3.85. The number of hydrogen-bond donors (Lipinski definition) is 1. The summed E-state index contributed by atoms with van der Waals surface area (Å²) in [6.45, 7) is 0.429. The van der Waals surface area contributed by atoms with Crippen molar-refractivity contribution in [1.29, 1.82) is 5.26 Å². The number of nitriles is 1. The second-order valence-corrected chi connectivity index (χ2v) is 7.00. The first kappa shape index (κ1) is 16.7. The summed E-state index contributed by atoms with van der Waals surface area (Å²) in [7, 11) is -3.92. The quantitative estimate of drug-likeness (QED) is 0.892. The van der Waals surface area contributed by atoms with E-state index in [1.165, 1.54) is 10.4 Å². The third-order valence-corrected chi connectivity index (χ3v) is 5.45. The van der Waals surface area contributed by atoms with Gasteiger partial charge in [0.15, 0.2) is 0 Å². The van der Waals surface area contributed by atoms with E-state index < -0.39 is 27.3 Å². The maximum Gasteiger partial charge on any atom is 0.417 e. The molecule has 22 heavy (non-hydrogen) atoms. The molecule has 1 aromatic carbocycles. The number of piperidine rings is 1. The molecule has 0 saturated carbocycles. The number of hydrogen-bond acceptors (Lipinski definition) is 4. The van der Waals surface area contributed by atoms with Crippen molar-refractivity contribution in [3.05, 3.63) is 29.3 Å². The molecule has 1 aliphatic heterocycles. The van der Waals surface area contributed by atoms with Crippen LogP contribution in [0, 0.1) is 11.3 Å². The third-order valence-electron chi connectivity index (χ3n) is 3.55. The van der Waals surface area contributed by atoms with Crippen molar-refractivity contribution in [2.24, 2.45) is 5.73 Å². The summed E-state index contributed by atoms with van der Waals surface area (Å²) < 4.78 is 64.2.